The molecule has 8 heteroatoms. The van der Waals surface area contributed by atoms with Gasteiger partial charge in [0.15, 0.2) is 0 Å². The van der Waals surface area contributed by atoms with Crippen LogP contribution in [0.5, 0.6) is 11.6 Å². The van der Waals surface area contributed by atoms with E-state index < -0.39 is 0 Å². The molecular formula is C20H19ClN4O3. The number of Topliss-reactive ketones (excluding diaryl/α,β-unsaturated/α-hetero) is 1. The summed E-state index contributed by atoms with van der Waals surface area (Å²) in [4.78, 5) is 20.8. The molecule has 2 aromatic heterocycles. The highest BCUT2D eigenvalue weighted by molar-refractivity contribution is 5.85. The number of pyridine rings is 1. The number of hydrogen-bond donors (Lipinski definition) is 1. The van der Waals surface area contributed by atoms with Gasteiger partial charge in [-0.25, -0.2) is 4.98 Å². The normalized spacial score (nSPS) is 23.3. The zero-order valence-electron chi connectivity index (χ0n) is 14.9. The molecule has 1 saturated heterocycles. The summed E-state index contributed by atoms with van der Waals surface area (Å²) in [5.74, 6) is 2.60. The molecule has 0 amide bonds. The first-order chi connectivity index (χ1) is 13.3. The first-order valence-electron chi connectivity index (χ1n) is 9.07. The van der Waals surface area contributed by atoms with Crippen molar-refractivity contribution in [3.8, 4) is 23.0 Å². The summed E-state index contributed by atoms with van der Waals surface area (Å²) < 4.78 is 11.4. The molecule has 2 fully saturated rings. The Morgan fingerprint density at radius 2 is 1.96 bits per heavy atom. The molecule has 1 aliphatic heterocycles. The Balaban J connectivity index is 0.00000192. The maximum atomic E-state index is 11.9. The third-order valence-corrected chi connectivity index (χ3v) is 5.27. The van der Waals surface area contributed by atoms with E-state index in [1.165, 1.54) is 0 Å². The van der Waals surface area contributed by atoms with E-state index in [0.717, 1.165) is 13.0 Å². The maximum absolute atomic E-state index is 11.9. The number of fused-ring (bicyclic) bond motifs is 1. The lowest BCUT2D eigenvalue weighted by atomic mass is 9.65. The Morgan fingerprint density at radius 1 is 1.11 bits per heavy atom. The number of hydrogen-bond acceptors (Lipinski definition) is 7. The molecule has 7 nitrogen and oxygen atoms in total. The number of carbonyl (C=O) groups excluding carboxylic acids is 1. The predicted molar refractivity (Wildman–Crippen MR) is 104 cm³/mol. The zero-order valence-corrected chi connectivity index (χ0v) is 15.8. The highest BCUT2D eigenvalue weighted by Crippen LogP contribution is 2.44. The van der Waals surface area contributed by atoms with Crippen molar-refractivity contribution in [2.24, 2.45) is 5.92 Å². The van der Waals surface area contributed by atoms with Crippen LogP contribution in [0.2, 0.25) is 0 Å². The number of piperidine rings is 1. The summed E-state index contributed by atoms with van der Waals surface area (Å²) in [7, 11) is 0. The lowest BCUT2D eigenvalue weighted by Crippen LogP contribution is -2.57. The van der Waals surface area contributed by atoms with Crippen molar-refractivity contribution in [2.75, 3.05) is 6.54 Å². The van der Waals surface area contributed by atoms with Gasteiger partial charge in [0, 0.05) is 31.1 Å². The van der Waals surface area contributed by atoms with Crippen LogP contribution in [0.25, 0.3) is 11.4 Å². The zero-order chi connectivity index (χ0) is 18.2. The third kappa shape index (κ3) is 3.27. The predicted octanol–water partition coefficient (Wildman–Crippen LogP) is 3.38. The van der Waals surface area contributed by atoms with E-state index in [0.29, 0.717) is 41.1 Å². The molecule has 1 saturated carbocycles. The summed E-state index contributed by atoms with van der Waals surface area (Å²) >= 11 is 0. The summed E-state index contributed by atoms with van der Waals surface area (Å²) in [6.45, 7) is 0.717. The minimum absolute atomic E-state index is 0. The number of halogens is 1. The van der Waals surface area contributed by atoms with Crippen LogP contribution >= 0.6 is 12.4 Å². The Hall–Kier alpha value is -2.77. The van der Waals surface area contributed by atoms with Gasteiger partial charge < -0.3 is 14.6 Å². The van der Waals surface area contributed by atoms with E-state index in [9.17, 15) is 4.79 Å². The van der Waals surface area contributed by atoms with Crippen LogP contribution in [0.15, 0.2) is 53.2 Å². The molecule has 28 heavy (non-hydrogen) atoms. The molecule has 3 atom stereocenters. The highest BCUT2D eigenvalue weighted by Gasteiger charge is 2.49. The van der Waals surface area contributed by atoms with Gasteiger partial charge in [0.2, 0.25) is 17.6 Å². The summed E-state index contributed by atoms with van der Waals surface area (Å²) in [5.41, 5.74) is 0.667. The standard InChI is InChI=1S/C20H18N4O3.ClH/c25-16-8-10-21-17-14(16)11-15(17)20-23-18(24-27-20)13-7-4-9-22-19(13)26-12-5-2-1-3-6-12;/h1-7,9,14-15,17,21H,8,10-11H2;1H/t14-,15+,17+;/m1./s1. The average Bonchev–Trinajstić information content (AvgIpc) is 3.14. The molecule has 1 aromatic carbocycles. The Bertz CT molecular complexity index is 978. The number of nitrogens with one attached hydrogen (secondary N) is 1. The molecule has 0 unspecified atom stereocenters. The van der Waals surface area contributed by atoms with E-state index >= 15 is 0 Å². The number of carbonyl (C=O) groups is 1. The van der Waals surface area contributed by atoms with Crippen LogP contribution in [0.3, 0.4) is 0 Å². The van der Waals surface area contributed by atoms with Crippen molar-refractivity contribution in [1.29, 1.82) is 0 Å². The van der Waals surface area contributed by atoms with Gasteiger partial charge in [-0.1, -0.05) is 23.4 Å². The van der Waals surface area contributed by atoms with Gasteiger partial charge in [0.1, 0.15) is 11.5 Å². The van der Waals surface area contributed by atoms with Crippen LogP contribution in [-0.4, -0.2) is 33.5 Å². The van der Waals surface area contributed by atoms with Crippen LogP contribution in [-0.2, 0) is 4.79 Å². The topological polar surface area (TPSA) is 90.1 Å². The molecule has 1 aliphatic carbocycles. The monoisotopic (exact) mass is 398 g/mol. The number of para-hydroxylation sites is 1. The van der Waals surface area contributed by atoms with E-state index in [1.54, 1.807) is 6.20 Å². The highest BCUT2D eigenvalue weighted by atomic mass is 35.5. The Morgan fingerprint density at radius 3 is 2.82 bits per heavy atom. The van der Waals surface area contributed by atoms with Crippen LogP contribution in [0.1, 0.15) is 24.7 Å². The number of nitrogens with zero attached hydrogens (tertiary/aromatic N) is 3. The van der Waals surface area contributed by atoms with Crippen molar-refractivity contribution in [1.82, 2.24) is 20.4 Å². The fraction of sp³-hybridized carbons (Fsp3) is 0.300. The van der Waals surface area contributed by atoms with Crippen molar-refractivity contribution >= 4 is 18.2 Å². The quantitative estimate of drug-likeness (QED) is 0.720. The number of aromatic nitrogens is 3. The molecule has 0 spiro atoms. The molecule has 0 bridgehead atoms. The smallest absolute Gasteiger partial charge is 0.231 e. The van der Waals surface area contributed by atoms with E-state index in [4.69, 9.17) is 9.26 Å². The third-order valence-electron chi connectivity index (χ3n) is 5.27. The number of ether oxygens (including phenoxy) is 1. The molecule has 5 rings (SSSR count). The average molecular weight is 399 g/mol. The van der Waals surface area contributed by atoms with Gasteiger partial charge in [-0.15, -0.1) is 12.4 Å². The molecular weight excluding hydrogens is 380 g/mol. The second kappa shape index (κ2) is 7.69. The first-order valence-corrected chi connectivity index (χ1v) is 9.07. The Kier molecular flexibility index (Phi) is 5.11. The molecule has 3 aromatic rings. The van der Waals surface area contributed by atoms with Crippen LogP contribution in [0.4, 0.5) is 0 Å². The molecule has 1 N–H and O–H groups in total. The van der Waals surface area contributed by atoms with Gasteiger partial charge in [-0.05, 0) is 30.7 Å². The minimum Gasteiger partial charge on any atom is -0.438 e. The number of rotatable bonds is 4. The minimum atomic E-state index is 0. The molecule has 144 valence electrons. The SMILES string of the molecule is Cl.O=C1CCN[C@H]2[C@@H]1C[C@@H]2c1nc(-c2cccnc2Oc2ccccc2)no1. The van der Waals surface area contributed by atoms with Crippen LogP contribution < -0.4 is 10.1 Å². The van der Waals surface area contributed by atoms with Crippen molar-refractivity contribution in [3.05, 3.63) is 54.6 Å². The second-order valence-corrected chi connectivity index (χ2v) is 6.87. The maximum Gasteiger partial charge on any atom is 0.231 e. The molecule has 0 radical (unpaired) electrons. The van der Waals surface area contributed by atoms with Crippen molar-refractivity contribution in [3.63, 3.8) is 0 Å². The van der Waals surface area contributed by atoms with Crippen molar-refractivity contribution < 1.29 is 14.1 Å². The van der Waals surface area contributed by atoms with Gasteiger partial charge in [0.25, 0.3) is 0 Å². The van der Waals surface area contributed by atoms with Gasteiger partial charge >= 0.3 is 0 Å². The van der Waals surface area contributed by atoms with Gasteiger partial charge in [-0.3, -0.25) is 4.79 Å². The Labute approximate surface area is 167 Å². The first kappa shape index (κ1) is 18.6. The lowest BCUT2D eigenvalue weighted by molar-refractivity contribution is -0.130. The van der Waals surface area contributed by atoms with E-state index in [2.05, 4.69) is 20.4 Å². The molecule has 2 aliphatic rings. The number of ketones is 1. The number of benzene rings is 1. The largest absolute Gasteiger partial charge is 0.438 e. The van der Waals surface area contributed by atoms with E-state index in [1.807, 2.05) is 42.5 Å². The van der Waals surface area contributed by atoms with Gasteiger partial charge in [0.05, 0.1) is 11.5 Å². The molecule has 3 heterocycles. The second-order valence-electron chi connectivity index (χ2n) is 6.87. The summed E-state index contributed by atoms with van der Waals surface area (Å²) in [5, 5.41) is 7.53. The van der Waals surface area contributed by atoms with E-state index in [-0.39, 0.29) is 30.3 Å². The van der Waals surface area contributed by atoms with Crippen LogP contribution in [0, 0.1) is 5.92 Å². The summed E-state index contributed by atoms with van der Waals surface area (Å²) in [6.07, 6.45) is 3.04. The van der Waals surface area contributed by atoms with Crippen molar-refractivity contribution in [2.45, 2.75) is 24.8 Å². The lowest BCUT2D eigenvalue weighted by Gasteiger charge is -2.45. The van der Waals surface area contributed by atoms with Gasteiger partial charge in [-0.2, -0.15) is 4.98 Å². The fourth-order valence-corrected chi connectivity index (χ4v) is 3.81. The fourth-order valence-electron chi connectivity index (χ4n) is 3.81. The summed E-state index contributed by atoms with van der Waals surface area (Å²) in [6, 6.07) is 13.2.